The molecule has 20 heavy (non-hydrogen) atoms. The summed E-state index contributed by atoms with van der Waals surface area (Å²) in [5.74, 6) is 0.492. The van der Waals surface area contributed by atoms with Crippen molar-refractivity contribution in [3.8, 4) is 5.75 Å². The van der Waals surface area contributed by atoms with Gasteiger partial charge in [-0.15, -0.1) is 0 Å². The van der Waals surface area contributed by atoms with E-state index in [0.29, 0.717) is 11.4 Å². The van der Waals surface area contributed by atoms with Crippen LogP contribution in [-0.2, 0) is 4.79 Å². The number of carbonyl (C=O) groups is 1. The number of anilines is 2. The van der Waals surface area contributed by atoms with Gasteiger partial charge < -0.3 is 15.4 Å². The Morgan fingerprint density at radius 1 is 1.20 bits per heavy atom. The fourth-order valence-corrected chi connectivity index (χ4v) is 2.07. The van der Waals surface area contributed by atoms with Gasteiger partial charge in [-0.1, -0.05) is 34.1 Å². The van der Waals surface area contributed by atoms with E-state index in [9.17, 15) is 4.79 Å². The summed E-state index contributed by atoms with van der Waals surface area (Å²) in [6, 6.07) is 15.0. The molecule has 0 atom stereocenters. The van der Waals surface area contributed by atoms with E-state index in [1.54, 1.807) is 19.2 Å². The number of hydrogen-bond acceptors (Lipinski definition) is 3. The topological polar surface area (TPSA) is 50.4 Å². The molecule has 4 nitrogen and oxygen atoms in total. The Balaban J connectivity index is 1.96. The highest BCUT2D eigenvalue weighted by molar-refractivity contribution is 9.10. The Morgan fingerprint density at radius 2 is 1.95 bits per heavy atom. The van der Waals surface area contributed by atoms with Crippen molar-refractivity contribution >= 4 is 33.2 Å². The highest BCUT2D eigenvalue weighted by atomic mass is 79.9. The molecule has 104 valence electrons. The highest BCUT2D eigenvalue weighted by Gasteiger charge is 2.07. The standard InChI is InChI=1S/C15H15BrN2O2/c1-20-14-8-7-11(16)9-13(14)18-15(19)10-17-12-5-3-2-4-6-12/h2-9,17H,10H2,1H3,(H,18,19). The molecule has 2 N–H and O–H groups in total. The Morgan fingerprint density at radius 3 is 2.65 bits per heavy atom. The molecule has 0 unspecified atom stereocenters. The zero-order valence-electron chi connectivity index (χ0n) is 11.0. The van der Waals surface area contributed by atoms with E-state index in [2.05, 4.69) is 26.6 Å². The summed E-state index contributed by atoms with van der Waals surface area (Å²) in [5, 5.41) is 5.87. The molecule has 0 aliphatic carbocycles. The number of benzene rings is 2. The SMILES string of the molecule is COc1ccc(Br)cc1NC(=O)CNc1ccccc1. The summed E-state index contributed by atoms with van der Waals surface area (Å²) in [6.45, 7) is 0.194. The zero-order chi connectivity index (χ0) is 14.4. The second-order valence-electron chi connectivity index (χ2n) is 4.11. The zero-order valence-corrected chi connectivity index (χ0v) is 12.6. The number of para-hydroxylation sites is 1. The number of carbonyl (C=O) groups excluding carboxylic acids is 1. The van der Waals surface area contributed by atoms with Gasteiger partial charge in [-0.3, -0.25) is 4.79 Å². The molecular weight excluding hydrogens is 320 g/mol. The number of amides is 1. The van der Waals surface area contributed by atoms with E-state index in [4.69, 9.17) is 4.74 Å². The van der Waals surface area contributed by atoms with Gasteiger partial charge in [0.2, 0.25) is 5.91 Å². The van der Waals surface area contributed by atoms with Crippen LogP contribution in [0.5, 0.6) is 5.75 Å². The third-order valence-corrected chi connectivity index (χ3v) is 3.16. The number of nitrogens with one attached hydrogen (secondary N) is 2. The molecule has 1 amide bonds. The van der Waals surface area contributed by atoms with Crippen LogP contribution in [0.4, 0.5) is 11.4 Å². The van der Waals surface area contributed by atoms with Crippen molar-refractivity contribution in [1.82, 2.24) is 0 Å². The Labute approximate surface area is 126 Å². The molecule has 0 aliphatic rings. The maximum atomic E-state index is 11.9. The molecule has 2 rings (SSSR count). The predicted molar refractivity (Wildman–Crippen MR) is 84.3 cm³/mol. The Kier molecular flexibility index (Phi) is 5.01. The number of rotatable bonds is 5. The van der Waals surface area contributed by atoms with E-state index in [1.807, 2.05) is 36.4 Å². The molecule has 0 bridgehead atoms. The van der Waals surface area contributed by atoms with Crippen molar-refractivity contribution in [3.05, 3.63) is 53.0 Å². The molecule has 0 saturated carbocycles. The third kappa shape index (κ3) is 3.99. The van der Waals surface area contributed by atoms with Crippen molar-refractivity contribution in [1.29, 1.82) is 0 Å². The first-order chi connectivity index (χ1) is 9.69. The summed E-state index contributed by atoms with van der Waals surface area (Å²) >= 11 is 3.37. The lowest BCUT2D eigenvalue weighted by Crippen LogP contribution is -2.22. The Hall–Kier alpha value is -2.01. The summed E-state index contributed by atoms with van der Waals surface area (Å²) in [6.07, 6.45) is 0. The average molecular weight is 335 g/mol. The lowest BCUT2D eigenvalue weighted by Gasteiger charge is -2.11. The van der Waals surface area contributed by atoms with Crippen LogP contribution < -0.4 is 15.4 Å². The average Bonchev–Trinajstić information content (AvgIpc) is 2.46. The molecule has 0 radical (unpaired) electrons. The Bertz CT molecular complexity index is 588. The summed E-state index contributed by atoms with van der Waals surface area (Å²) < 4.78 is 6.09. The summed E-state index contributed by atoms with van der Waals surface area (Å²) in [4.78, 5) is 11.9. The van der Waals surface area contributed by atoms with Crippen LogP contribution in [0, 0.1) is 0 Å². The van der Waals surface area contributed by atoms with Gasteiger partial charge in [0.1, 0.15) is 5.75 Å². The fraction of sp³-hybridized carbons (Fsp3) is 0.133. The van der Waals surface area contributed by atoms with E-state index >= 15 is 0 Å². The molecule has 0 saturated heterocycles. The maximum Gasteiger partial charge on any atom is 0.243 e. The normalized spacial score (nSPS) is 9.90. The monoisotopic (exact) mass is 334 g/mol. The maximum absolute atomic E-state index is 11.9. The first-order valence-electron chi connectivity index (χ1n) is 6.11. The third-order valence-electron chi connectivity index (χ3n) is 2.66. The molecule has 2 aromatic rings. The second-order valence-corrected chi connectivity index (χ2v) is 5.03. The van der Waals surface area contributed by atoms with E-state index in [0.717, 1.165) is 10.2 Å². The molecule has 2 aromatic carbocycles. The van der Waals surface area contributed by atoms with Gasteiger partial charge in [0.25, 0.3) is 0 Å². The summed E-state index contributed by atoms with van der Waals surface area (Å²) in [7, 11) is 1.57. The molecule has 0 heterocycles. The fourth-order valence-electron chi connectivity index (χ4n) is 1.71. The van der Waals surface area contributed by atoms with Crippen LogP contribution in [0.1, 0.15) is 0 Å². The minimum atomic E-state index is -0.134. The van der Waals surface area contributed by atoms with Crippen LogP contribution in [0.25, 0.3) is 0 Å². The largest absolute Gasteiger partial charge is 0.495 e. The summed E-state index contributed by atoms with van der Waals surface area (Å²) in [5.41, 5.74) is 1.55. The first kappa shape index (κ1) is 14.4. The molecular formula is C15H15BrN2O2. The number of methoxy groups -OCH3 is 1. The van der Waals surface area contributed by atoms with E-state index in [-0.39, 0.29) is 12.5 Å². The van der Waals surface area contributed by atoms with Gasteiger partial charge in [0.05, 0.1) is 19.3 Å². The smallest absolute Gasteiger partial charge is 0.243 e. The van der Waals surface area contributed by atoms with Gasteiger partial charge in [-0.25, -0.2) is 0 Å². The molecule has 0 aromatic heterocycles. The number of ether oxygens (including phenoxy) is 1. The minimum absolute atomic E-state index is 0.134. The van der Waals surface area contributed by atoms with Crippen LogP contribution in [0.3, 0.4) is 0 Å². The van der Waals surface area contributed by atoms with Crippen LogP contribution >= 0.6 is 15.9 Å². The van der Waals surface area contributed by atoms with Gasteiger partial charge in [0.15, 0.2) is 0 Å². The van der Waals surface area contributed by atoms with Crippen LogP contribution in [-0.4, -0.2) is 19.6 Å². The molecule has 0 spiro atoms. The lowest BCUT2D eigenvalue weighted by molar-refractivity contribution is -0.114. The van der Waals surface area contributed by atoms with Gasteiger partial charge in [-0.05, 0) is 30.3 Å². The van der Waals surface area contributed by atoms with Crippen LogP contribution in [0.2, 0.25) is 0 Å². The molecule has 0 aliphatic heterocycles. The lowest BCUT2D eigenvalue weighted by atomic mass is 10.3. The predicted octanol–water partition coefficient (Wildman–Crippen LogP) is 3.51. The number of hydrogen-bond donors (Lipinski definition) is 2. The first-order valence-corrected chi connectivity index (χ1v) is 6.90. The van der Waals surface area contributed by atoms with E-state index < -0.39 is 0 Å². The van der Waals surface area contributed by atoms with Gasteiger partial charge in [0, 0.05) is 10.2 Å². The molecule has 0 fully saturated rings. The number of halogens is 1. The second kappa shape index (κ2) is 6.96. The molecule has 5 heteroatoms. The van der Waals surface area contributed by atoms with Crippen molar-refractivity contribution < 1.29 is 9.53 Å². The van der Waals surface area contributed by atoms with E-state index in [1.165, 1.54) is 0 Å². The van der Waals surface area contributed by atoms with Crippen molar-refractivity contribution in [2.24, 2.45) is 0 Å². The van der Waals surface area contributed by atoms with Gasteiger partial charge in [-0.2, -0.15) is 0 Å². The highest BCUT2D eigenvalue weighted by Crippen LogP contribution is 2.27. The van der Waals surface area contributed by atoms with Crippen molar-refractivity contribution in [2.45, 2.75) is 0 Å². The van der Waals surface area contributed by atoms with Crippen molar-refractivity contribution in [2.75, 3.05) is 24.3 Å². The quantitative estimate of drug-likeness (QED) is 0.879. The van der Waals surface area contributed by atoms with Gasteiger partial charge >= 0.3 is 0 Å². The van der Waals surface area contributed by atoms with Crippen molar-refractivity contribution in [3.63, 3.8) is 0 Å². The minimum Gasteiger partial charge on any atom is -0.495 e. The van der Waals surface area contributed by atoms with Crippen LogP contribution in [0.15, 0.2) is 53.0 Å².